The zero-order valence-electron chi connectivity index (χ0n) is 18.2. The van der Waals surface area contributed by atoms with Gasteiger partial charge in [-0.05, 0) is 60.4 Å². The van der Waals surface area contributed by atoms with E-state index in [-0.39, 0.29) is 27.8 Å². The average Bonchev–Trinajstić information content (AvgIpc) is 2.84. The highest BCUT2D eigenvalue weighted by Crippen LogP contribution is 2.34. The van der Waals surface area contributed by atoms with Crippen molar-refractivity contribution >= 4 is 15.7 Å². The second-order valence-electron chi connectivity index (χ2n) is 8.35. The molecule has 172 valence electrons. The molecule has 3 aromatic carbocycles. The quantitative estimate of drug-likeness (QED) is 0.563. The third-order valence-corrected chi connectivity index (χ3v) is 7.85. The highest BCUT2D eigenvalue weighted by atomic mass is 32.2. The van der Waals surface area contributed by atoms with Gasteiger partial charge in [0.1, 0.15) is 5.82 Å². The number of benzene rings is 3. The van der Waals surface area contributed by atoms with Crippen LogP contribution in [0.1, 0.15) is 34.3 Å². The van der Waals surface area contributed by atoms with E-state index in [9.17, 15) is 17.6 Å². The van der Waals surface area contributed by atoms with E-state index in [4.69, 9.17) is 4.74 Å². The summed E-state index contributed by atoms with van der Waals surface area (Å²) in [5.74, 6) is -0.760. The maximum atomic E-state index is 13.4. The van der Waals surface area contributed by atoms with Crippen molar-refractivity contribution in [1.29, 1.82) is 0 Å². The predicted molar refractivity (Wildman–Crippen MR) is 124 cm³/mol. The second-order valence-corrected chi connectivity index (χ2v) is 10.3. The predicted octanol–water partition coefficient (Wildman–Crippen LogP) is 4.28. The number of ether oxygens (including phenoxy) is 1. The summed E-state index contributed by atoms with van der Waals surface area (Å²) in [6.45, 7) is 1.52. The molecular weight excluding hydrogens is 441 g/mol. The Bertz CT molecular complexity index is 1200. The molecule has 0 radical (unpaired) electrons. The van der Waals surface area contributed by atoms with Crippen LogP contribution in [0.2, 0.25) is 0 Å². The first-order valence-corrected chi connectivity index (χ1v) is 12.5. The van der Waals surface area contributed by atoms with Gasteiger partial charge < -0.3 is 10.1 Å². The van der Waals surface area contributed by atoms with Crippen LogP contribution in [0, 0.1) is 5.82 Å². The standard InChI is InChI=1S/C26H26FNO4S/c27-23-11-9-22(10-12-23)26(13-15-32-16-14-26)19-28-25(29)21-6-4-5-20(17-21)18-33(30,31)24-7-2-1-3-8-24/h1-12,17H,13-16,18-19H2,(H,28,29). The molecule has 0 unspecified atom stereocenters. The van der Waals surface area contributed by atoms with Crippen LogP contribution in [-0.4, -0.2) is 34.1 Å². The minimum atomic E-state index is -3.51. The summed E-state index contributed by atoms with van der Waals surface area (Å²) in [6.07, 6.45) is 1.43. The van der Waals surface area contributed by atoms with Gasteiger partial charge in [0, 0.05) is 30.7 Å². The van der Waals surface area contributed by atoms with Crippen LogP contribution in [0.5, 0.6) is 0 Å². The summed E-state index contributed by atoms with van der Waals surface area (Å²) >= 11 is 0. The SMILES string of the molecule is O=C(NCC1(c2ccc(F)cc2)CCOCC1)c1cccc(CS(=O)(=O)c2ccccc2)c1. The Kier molecular flexibility index (Phi) is 6.91. The fourth-order valence-corrected chi connectivity index (χ4v) is 5.57. The van der Waals surface area contributed by atoms with Crippen molar-refractivity contribution < 1.29 is 22.3 Å². The minimum absolute atomic E-state index is 0.186. The number of amides is 1. The molecule has 7 heteroatoms. The zero-order chi connectivity index (χ0) is 23.3. The van der Waals surface area contributed by atoms with E-state index in [1.54, 1.807) is 66.7 Å². The van der Waals surface area contributed by atoms with Crippen molar-refractivity contribution in [3.8, 4) is 0 Å². The number of hydrogen-bond donors (Lipinski definition) is 1. The number of halogens is 1. The number of nitrogens with one attached hydrogen (secondary N) is 1. The molecule has 1 saturated heterocycles. The normalized spacial score (nSPS) is 15.7. The molecule has 4 rings (SSSR count). The number of hydrogen-bond acceptors (Lipinski definition) is 4. The molecule has 1 aliphatic heterocycles. The van der Waals surface area contributed by atoms with Gasteiger partial charge in [0.05, 0.1) is 10.6 Å². The summed E-state index contributed by atoms with van der Waals surface area (Å²) in [7, 11) is -3.51. The molecule has 0 aliphatic carbocycles. The van der Waals surface area contributed by atoms with Crippen LogP contribution in [0.25, 0.3) is 0 Å². The van der Waals surface area contributed by atoms with Gasteiger partial charge in [-0.1, -0.05) is 42.5 Å². The maximum absolute atomic E-state index is 13.4. The lowest BCUT2D eigenvalue weighted by Gasteiger charge is -2.38. The Morgan fingerprint density at radius 1 is 0.939 bits per heavy atom. The molecular formula is C26H26FNO4S. The molecule has 1 aliphatic rings. The van der Waals surface area contributed by atoms with Gasteiger partial charge in [0.15, 0.2) is 9.84 Å². The number of carbonyl (C=O) groups excluding carboxylic acids is 1. The van der Waals surface area contributed by atoms with Crippen LogP contribution in [-0.2, 0) is 25.7 Å². The summed E-state index contributed by atoms with van der Waals surface area (Å²) < 4.78 is 44.4. The van der Waals surface area contributed by atoms with Gasteiger partial charge in [0.25, 0.3) is 5.91 Å². The van der Waals surface area contributed by atoms with Crippen molar-refractivity contribution in [2.24, 2.45) is 0 Å². The van der Waals surface area contributed by atoms with Gasteiger partial charge in [0.2, 0.25) is 0 Å². The van der Waals surface area contributed by atoms with Crippen molar-refractivity contribution in [2.75, 3.05) is 19.8 Å². The monoisotopic (exact) mass is 467 g/mol. The fourth-order valence-electron chi connectivity index (χ4n) is 4.22. The molecule has 33 heavy (non-hydrogen) atoms. The van der Waals surface area contributed by atoms with Gasteiger partial charge >= 0.3 is 0 Å². The van der Waals surface area contributed by atoms with Gasteiger partial charge in [-0.2, -0.15) is 0 Å². The third kappa shape index (κ3) is 5.49. The van der Waals surface area contributed by atoms with Crippen LogP contribution in [0.3, 0.4) is 0 Å². The molecule has 0 spiro atoms. The first-order valence-electron chi connectivity index (χ1n) is 10.9. The van der Waals surface area contributed by atoms with Crippen molar-refractivity contribution in [1.82, 2.24) is 5.32 Å². The van der Waals surface area contributed by atoms with Crippen molar-refractivity contribution in [3.05, 3.63) is 101 Å². The summed E-state index contributed by atoms with van der Waals surface area (Å²) in [5, 5.41) is 3.01. The molecule has 1 N–H and O–H groups in total. The van der Waals surface area contributed by atoms with Gasteiger partial charge in [-0.15, -0.1) is 0 Å². The van der Waals surface area contributed by atoms with E-state index in [1.807, 2.05) is 0 Å². The van der Waals surface area contributed by atoms with E-state index in [0.29, 0.717) is 43.7 Å². The first kappa shape index (κ1) is 23.1. The smallest absolute Gasteiger partial charge is 0.251 e. The Morgan fingerprint density at radius 2 is 1.64 bits per heavy atom. The molecule has 0 aromatic heterocycles. The van der Waals surface area contributed by atoms with E-state index < -0.39 is 9.84 Å². The van der Waals surface area contributed by atoms with E-state index in [1.165, 1.54) is 12.1 Å². The van der Waals surface area contributed by atoms with Gasteiger partial charge in [-0.3, -0.25) is 4.79 Å². The molecule has 5 nitrogen and oxygen atoms in total. The van der Waals surface area contributed by atoms with Crippen LogP contribution < -0.4 is 5.32 Å². The van der Waals surface area contributed by atoms with Crippen LogP contribution >= 0.6 is 0 Å². The first-order chi connectivity index (χ1) is 15.9. The molecule has 0 saturated carbocycles. The lowest BCUT2D eigenvalue weighted by atomic mass is 9.74. The van der Waals surface area contributed by atoms with E-state index >= 15 is 0 Å². The number of sulfone groups is 1. The topological polar surface area (TPSA) is 72.5 Å². The number of carbonyl (C=O) groups is 1. The second kappa shape index (κ2) is 9.85. The Labute approximate surface area is 193 Å². The largest absolute Gasteiger partial charge is 0.381 e. The summed E-state index contributed by atoms with van der Waals surface area (Å²) in [5.41, 5.74) is 1.58. The molecule has 3 aromatic rings. The fraction of sp³-hybridized carbons (Fsp3) is 0.269. The third-order valence-electron chi connectivity index (χ3n) is 6.14. The lowest BCUT2D eigenvalue weighted by molar-refractivity contribution is 0.0487. The van der Waals surface area contributed by atoms with E-state index in [0.717, 1.165) is 5.56 Å². The minimum Gasteiger partial charge on any atom is -0.381 e. The van der Waals surface area contributed by atoms with Crippen LogP contribution in [0.4, 0.5) is 4.39 Å². The van der Waals surface area contributed by atoms with E-state index in [2.05, 4.69) is 5.32 Å². The number of rotatable bonds is 7. The zero-order valence-corrected chi connectivity index (χ0v) is 19.0. The van der Waals surface area contributed by atoms with Crippen LogP contribution in [0.15, 0.2) is 83.8 Å². The maximum Gasteiger partial charge on any atom is 0.251 e. The molecule has 1 amide bonds. The Balaban J connectivity index is 1.48. The summed E-state index contributed by atoms with van der Waals surface area (Å²) in [4.78, 5) is 13.2. The molecule has 1 fully saturated rings. The lowest BCUT2D eigenvalue weighted by Crippen LogP contribution is -2.44. The average molecular weight is 468 g/mol. The van der Waals surface area contributed by atoms with Crippen molar-refractivity contribution in [3.63, 3.8) is 0 Å². The highest BCUT2D eigenvalue weighted by Gasteiger charge is 2.35. The highest BCUT2D eigenvalue weighted by molar-refractivity contribution is 7.90. The Hall–Kier alpha value is -3.03. The molecule has 0 bridgehead atoms. The van der Waals surface area contributed by atoms with Crippen molar-refractivity contribution in [2.45, 2.75) is 28.9 Å². The van der Waals surface area contributed by atoms with Gasteiger partial charge in [-0.25, -0.2) is 12.8 Å². The molecule has 1 heterocycles. The Morgan fingerprint density at radius 3 is 2.33 bits per heavy atom. The summed E-state index contributed by atoms with van der Waals surface area (Å²) in [6, 6.07) is 21.3. The molecule has 0 atom stereocenters.